The maximum Gasteiger partial charge on any atom is 0.119 e. The molecule has 2 rings (SSSR count). The molecule has 2 aromatic rings. The first-order chi connectivity index (χ1) is 8.65. The Morgan fingerprint density at radius 3 is 2.56 bits per heavy atom. The molecule has 0 amide bonds. The van der Waals surface area contributed by atoms with Crippen LogP contribution in [-0.4, -0.2) is 11.7 Å². The average molecular weight is 307 g/mol. The molecular weight excluding hydrogens is 292 g/mol. The van der Waals surface area contributed by atoms with Gasteiger partial charge in [-0.25, -0.2) is 0 Å². The molecule has 0 aliphatic rings. The monoisotopic (exact) mass is 306 g/mol. The number of ether oxygens (including phenoxy) is 1. The fourth-order valence-electron chi connectivity index (χ4n) is 1.62. The SMILES string of the molecule is Cc1ccc(OCC(O)c2cccc(Br)c2)cc1. The summed E-state index contributed by atoms with van der Waals surface area (Å²) in [7, 11) is 0. The highest BCUT2D eigenvalue weighted by molar-refractivity contribution is 9.10. The number of hydrogen-bond acceptors (Lipinski definition) is 2. The Balaban J connectivity index is 1.96. The Morgan fingerprint density at radius 1 is 1.17 bits per heavy atom. The molecule has 0 heterocycles. The Morgan fingerprint density at radius 2 is 1.89 bits per heavy atom. The minimum absolute atomic E-state index is 0.250. The minimum Gasteiger partial charge on any atom is -0.491 e. The van der Waals surface area contributed by atoms with E-state index in [9.17, 15) is 5.11 Å². The van der Waals surface area contributed by atoms with Crippen molar-refractivity contribution in [1.29, 1.82) is 0 Å². The second kappa shape index (κ2) is 6.03. The number of hydrogen-bond donors (Lipinski definition) is 1. The molecule has 0 fully saturated rings. The quantitative estimate of drug-likeness (QED) is 0.929. The summed E-state index contributed by atoms with van der Waals surface area (Å²) in [5, 5.41) is 10.0. The Labute approximate surface area is 115 Å². The van der Waals surface area contributed by atoms with Gasteiger partial charge in [-0.15, -0.1) is 0 Å². The van der Waals surface area contributed by atoms with Crippen molar-refractivity contribution < 1.29 is 9.84 Å². The van der Waals surface area contributed by atoms with Gasteiger partial charge in [-0.2, -0.15) is 0 Å². The highest BCUT2D eigenvalue weighted by Gasteiger charge is 2.08. The van der Waals surface area contributed by atoms with Gasteiger partial charge in [0, 0.05) is 4.47 Å². The summed E-state index contributed by atoms with van der Waals surface area (Å²) in [6.45, 7) is 2.28. The molecule has 94 valence electrons. The number of halogens is 1. The predicted molar refractivity (Wildman–Crippen MR) is 75.8 cm³/mol. The molecule has 0 saturated carbocycles. The lowest BCUT2D eigenvalue weighted by molar-refractivity contribution is 0.108. The lowest BCUT2D eigenvalue weighted by Gasteiger charge is -2.13. The maximum absolute atomic E-state index is 10.0. The highest BCUT2D eigenvalue weighted by Crippen LogP contribution is 2.20. The summed E-state index contributed by atoms with van der Waals surface area (Å²) in [5.41, 5.74) is 2.03. The summed E-state index contributed by atoms with van der Waals surface area (Å²) < 4.78 is 6.50. The molecule has 0 spiro atoms. The van der Waals surface area contributed by atoms with Crippen LogP contribution >= 0.6 is 15.9 Å². The van der Waals surface area contributed by atoms with Crippen molar-refractivity contribution >= 4 is 15.9 Å². The summed E-state index contributed by atoms with van der Waals surface area (Å²) in [6.07, 6.45) is -0.621. The van der Waals surface area contributed by atoms with Crippen LogP contribution in [0.5, 0.6) is 5.75 Å². The smallest absolute Gasteiger partial charge is 0.119 e. The molecular formula is C15H15BrO2. The first-order valence-electron chi connectivity index (χ1n) is 5.78. The van der Waals surface area contributed by atoms with E-state index >= 15 is 0 Å². The second-order valence-electron chi connectivity index (χ2n) is 4.19. The summed E-state index contributed by atoms with van der Waals surface area (Å²) in [4.78, 5) is 0. The van der Waals surface area contributed by atoms with E-state index in [0.29, 0.717) is 0 Å². The lowest BCUT2D eigenvalue weighted by Crippen LogP contribution is -2.09. The molecule has 1 unspecified atom stereocenters. The largest absolute Gasteiger partial charge is 0.491 e. The van der Waals surface area contributed by atoms with Crippen LogP contribution in [-0.2, 0) is 0 Å². The Hall–Kier alpha value is -1.32. The van der Waals surface area contributed by atoms with Crippen LogP contribution in [0.15, 0.2) is 53.0 Å². The Kier molecular flexibility index (Phi) is 4.39. The van der Waals surface area contributed by atoms with Crippen molar-refractivity contribution in [2.45, 2.75) is 13.0 Å². The van der Waals surface area contributed by atoms with Gasteiger partial charge in [0.2, 0.25) is 0 Å². The predicted octanol–water partition coefficient (Wildman–Crippen LogP) is 3.87. The highest BCUT2D eigenvalue weighted by atomic mass is 79.9. The van der Waals surface area contributed by atoms with Crippen LogP contribution in [0.3, 0.4) is 0 Å². The number of benzene rings is 2. The molecule has 0 aliphatic heterocycles. The fraction of sp³-hybridized carbons (Fsp3) is 0.200. The van der Waals surface area contributed by atoms with E-state index in [0.717, 1.165) is 15.8 Å². The van der Waals surface area contributed by atoms with Crippen LogP contribution in [0.4, 0.5) is 0 Å². The van der Waals surface area contributed by atoms with E-state index in [1.807, 2.05) is 55.5 Å². The van der Waals surface area contributed by atoms with E-state index in [2.05, 4.69) is 15.9 Å². The standard InChI is InChI=1S/C15H15BrO2/c1-11-5-7-14(8-6-11)18-10-15(17)12-3-2-4-13(16)9-12/h2-9,15,17H,10H2,1H3. The zero-order valence-electron chi connectivity index (χ0n) is 10.1. The molecule has 1 N–H and O–H groups in total. The molecule has 18 heavy (non-hydrogen) atoms. The van der Waals surface area contributed by atoms with Crippen molar-refractivity contribution in [3.05, 3.63) is 64.1 Å². The van der Waals surface area contributed by atoms with Gasteiger partial charge in [0.05, 0.1) is 0 Å². The van der Waals surface area contributed by atoms with Crippen LogP contribution in [0.1, 0.15) is 17.2 Å². The zero-order valence-corrected chi connectivity index (χ0v) is 11.7. The summed E-state index contributed by atoms with van der Waals surface area (Å²) in [6, 6.07) is 15.4. The van der Waals surface area contributed by atoms with Gasteiger partial charge >= 0.3 is 0 Å². The van der Waals surface area contributed by atoms with Gasteiger partial charge in [-0.05, 0) is 36.8 Å². The summed E-state index contributed by atoms with van der Waals surface area (Å²) in [5.74, 6) is 0.773. The van der Waals surface area contributed by atoms with Gasteiger partial charge in [-0.3, -0.25) is 0 Å². The van der Waals surface area contributed by atoms with Gasteiger partial charge in [0.25, 0.3) is 0 Å². The van der Waals surface area contributed by atoms with Gasteiger partial charge in [0.15, 0.2) is 0 Å². The molecule has 0 aromatic heterocycles. The normalized spacial score (nSPS) is 12.2. The van der Waals surface area contributed by atoms with Gasteiger partial charge in [0.1, 0.15) is 18.5 Å². The van der Waals surface area contributed by atoms with Gasteiger partial charge < -0.3 is 9.84 Å². The first-order valence-corrected chi connectivity index (χ1v) is 6.57. The lowest BCUT2D eigenvalue weighted by atomic mass is 10.1. The van der Waals surface area contributed by atoms with Crippen LogP contribution in [0.25, 0.3) is 0 Å². The van der Waals surface area contributed by atoms with E-state index in [1.165, 1.54) is 5.56 Å². The number of rotatable bonds is 4. The van der Waals surface area contributed by atoms with Crippen molar-refractivity contribution in [2.24, 2.45) is 0 Å². The molecule has 1 atom stereocenters. The Bertz CT molecular complexity index is 508. The van der Waals surface area contributed by atoms with Gasteiger partial charge in [-0.1, -0.05) is 45.8 Å². The molecule has 0 saturated heterocycles. The average Bonchev–Trinajstić information content (AvgIpc) is 2.38. The third-order valence-corrected chi connectivity index (χ3v) is 3.16. The van der Waals surface area contributed by atoms with E-state index in [4.69, 9.17) is 4.74 Å². The molecule has 0 radical (unpaired) electrons. The fourth-order valence-corrected chi connectivity index (χ4v) is 2.04. The number of aliphatic hydroxyl groups is 1. The minimum atomic E-state index is -0.621. The van der Waals surface area contributed by atoms with Crippen molar-refractivity contribution in [2.75, 3.05) is 6.61 Å². The van der Waals surface area contributed by atoms with Crippen molar-refractivity contribution in [1.82, 2.24) is 0 Å². The van der Waals surface area contributed by atoms with Crippen molar-refractivity contribution in [3.8, 4) is 5.75 Å². The van der Waals surface area contributed by atoms with Crippen LogP contribution in [0.2, 0.25) is 0 Å². The van der Waals surface area contributed by atoms with E-state index in [-0.39, 0.29) is 6.61 Å². The third kappa shape index (κ3) is 3.59. The van der Waals surface area contributed by atoms with Crippen LogP contribution in [0, 0.1) is 6.92 Å². The number of aliphatic hydroxyl groups excluding tert-OH is 1. The molecule has 2 nitrogen and oxygen atoms in total. The molecule has 3 heteroatoms. The first kappa shape index (κ1) is 13.1. The van der Waals surface area contributed by atoms with Crippen molar-refractivity contribution in [3.63, 3.8) is 0 Å². The van der Waals surface area contributed by atoms with E-state index < -0.39 is 6.10 Å². The molecule has 2 aromatic carbocycles. The number of aryl methyl sites for hydroxylation is 1. The van der Waals surface area contributed by atoms with E-state index in [1.54, 1.807) is 0 Å². The molecule has 0 aliphatic carbocycles. The second-order valence-corrected chi connectivity index (χ2v) is 5.11. The topological polar surface area (TPSA) is 29.5 Å². The zero-order chi connectivity index (χ0) is 13.0. The molecule has 0 bridgehead atoms. The maximum atomic E-state index is 10.0. The summed E-state index contributed by atoms with van der Waals surface area (Å²) >= 11 is 3.38. The third-order valence-electron chi connectivity index (χ3n) is 2.66. The van der Waals surface area contributed by atoms with Crippen LogP contribution < -0.4 is 4.74 Å².